The maximum absolute atomic E-state index is 12.4. The molecule has 7 heteroatoms. The summed E-state index contributed by atoms with van der Waals surface area (Å²) in [6.07, 6.45) is 0. The van der Waals surface area contributed by atoms with E-state index in [0.29, 0.717) is 17.2 Å². The van der Waals surface area contributed by atoms with Gasteiger partial charge in [-0.05, 0) is 24.3 Å². The Morgan fingerprint density at radius 3 is 2.65 bits per heavy atom. The Kier molecular flexibility index (Phi) is 4.25. The van der Waals surface area contributed by atoms with Gasteiger partial charge in [-0.15, -0.1) is 11.6 Å². The predicted molar refractivity (Wildman–Crippen MR) is 76.8 cm³/mol. The molecule has 0 amide bonds. The highest BCUT2D eigenvalue weighted by molar-refractivity contribution is 7.92. The zero-order valence-corrected chi connectivity index (χ0v) is 12.6. The maximum atomic E-state index is 12.4. The largest absolute Gasteiger partial charge is 0.497 e. The number of halogens is 1. The molecule has 1 heterocycles. The van der Waals surface area contributed by atoms with Gasteiger partial charge in [0.1, 0.15) is 11.5 Å². The Labute approximate surface area is 122 Å². The molecule has 0 spiro atoms. The number of rotatable bonds is 5. The lowest BCUT2D eigenvalue weighted by atomic mass is 10.3. The smallest absolute Gasteiger partial charge is 0.297 e. The third-order valence-electron chi connectivity index (χ3n) is 2.80. The fraction of sp³-hybridized carbons (Fsp3) is 0.231. The van der Waals surface area contributed by atoms with Crippen LogP contribution in [0.4, 0.5) is 5.69 Å². The molecule has 0 aliphatic carbocycles. The van der Waals surface area contributed by atoms with Gasteiger partial charge in [-0.25, -0.2) is 0 Å². The number of ether oxygens (including phenoxy) is 1. The van der Waals surface area contributed by atoms with E-state index in [2.05, 4.69) is 0 Å². The fourth-order valence-electron chi connectivity index (χ4n) is 1.65. The SMILES string of the molecule is COc1cccc(N(C)S(=O)(=O)c2ccc(CCl)o2)c1. The highest BCUT2D eigenvalue weighted by Gasteiger charge is 2.25. The lowest BCUT2D eigenvalue weighted by Gasteiger charge is -2.18. The molecule has 0 N–H and O–H groups in total. The molecule has 108 valence electrons. The molecular weight excluding hydrogens is 302 g/mol. The molecule has 0 fully saturated rings. The molecule has 2 aromatic rings. The third kappa shape index (κ3) is 2.76. The quantitative estimate of drug-likeness (QED) is 0.796. The van der Waals surface area contributed by atoms with Crippen molar-refractivity contribution in [2.75, 3.05) is 18.5 Å². The second-order valence-electron chi connectivity index (χ2n) is 4.03. The zero-order chi connectivity index (χ0) is 14.8. The standard InChI is InChI=1S/C13H14ClNO4S/c1-15(10-4-3-5-11(8-10)18-2)20(16,17)13-7-6-12(9-14)19-13/h3-8H,9H2,1-2H3. The second-order valence-corrected chi connectivity index (χ2v) is 6.20. The monoisotopic (exact) mass is 315 g/mol. The average Bonchev–Trinajstić information content (AvgIpc) is 2.96. The first kappa shape index (κ1) is 14.7. The van der Waals surface area contributed by atoms with Crippen LogP contribution in [0.5, 0.6) is 5.75 Å². The third-order valence-corrected chi connectivity index (χ3v) is 4.72. The number of nitrogens with zero attached hydrogens (tertiary/aromatic N) is 1. The van der Waals surface area contributed by atoms with Gasteiger partial charge < -0.3 is 9.15 Å². The van der Waals surface area contributed by atoms with E-state index in [4.69, 9.17) is 20.8 Å². The van der Waals surface area contributed by atoms with Crippen LogP contribution in [0, 0.1) is 0 Å². The van der Waals surface area contributed by atoms with E-state index >= 15 is 0 Å². The minimum atomic E-state index is -3.75. The summed E-state index contributed by atoms with van der Waals surface area (Å²) in [7, 11) is -0.782. The average molecular weight is 316 g/mol. The number of alkyl halides is 1. The summed E-state index contributed by atoms with van der Waals surface area (Å²) in [5, 5.41) is -0.140. The molecule has 0 aliphatic heterocycles. The summed E-state index contributed by atoms with van der Waals surface area (Å²) < 4.78 is 36.2. The molecule has 0 unspecified atom stereocenters. The van der Waals surface area contributed by atoms with E-state index in [1.807, 2.05) is 0 Å². The Morgan fingerprint density at radius 2 is 2.05 bits per heavy atom. The number of anilines is 1. The molecule has 0 aliphatic rings. The van der Waals surface area contributed by atoms with Gasteiger partial charge in [0.15, 0.2) is 0 Å². The molecule has 2 rings (SSSR count). The van der Waals surface area contributed by atoms with Crippen molar-refractivity contribution in [2.24, 2.45) is 0 Å². The van der Waals surface area contributed by atoms with Crippen LogP contribution in [-0.2, 0) is 15.9 Å². The van der Waals surface area contributed by atoms with Gasteiger partial charge in [0.25, 0.3) is 10.0 Å². The number of hydrogen-bond donors (Lipinski definition) is 0. The zero-order valence-electron chi connectivity index (χ0n) is 11.0. The van der Waals surface area contributed by atoms with Crippen LogP contribution in [0.1, 0.15) is 5.76 Å². The van der Waals surface area contributed by atoms with Gasteiger partial charge in [-0.3, -0.25) is 4.31 Å². The van der Waals surface area contributed by atoms with E-state index in [9.17, 15) is 8.42 Å². The summed E-state index contributed by atoms with van der Waals surface area (Å²) in [6, 6.07) is 9.69. The summed E-state index contributed by atoms with van der Waals surface area (Å²) in [5.74, 6) is 1.10. The summed E-state index contributed by atoms with van der Waals surface area (Å²) in [6.45, 7) is 0. The van der Waals surface area contributed by atoms with Gasteiger partial charge in [0.05, 0.1) is 18.7 Å². The van der Waals surface area contributed by atoms with Crippen molar-refractivity contribution in [2.45, 2.75) is 11.0 Å². The molecule has 0 atom stereocenters. The van der Waals surface area contributed by atoms with Crippen LogP contribution in [0.25, 0.3) is 0 Å². The Bertz CT molecular complexity index is 696. The molecular formula is C13H14ClNO4S. The van der Waals surface area contributed by atoms with Gasteiger partial charge in [0.2, 0.25) is 5.09 Å². The Balaban J connectivity index is 2.37. The minimum absolute atomic E-state index is 0.123. The normalized spacial score (nSPS) is 11.3. The van der Waals surface area contributed by atoms with Crippen molar-refractivity contribution in [1.29, 1.82) is 0 Å². The van der Waals surface area contributed by atoms with E-state index in [-0.39, 0.29) is 11.0 Å². The second kappa shape index (κ2) is 5.76. The van der Waals surface area contributed by atoms with Crippen molar-refractivity contribution in [3.8, 4) is 5.75 Å². The van der Waals surface area contributed by atoms with Gasteiger partial charge in [-0.1, -0.05) is 6.07 Å². The lowest BCUT2D eigenvalue weighted by Crippen LogP contribution is -2.26. The molecule has 1 aromatic carbocycles. The number of sulfonamides is 1. The number of benzene rings is 1. The number of methoxy groups -OCH3 is 1. The molecule has 0 radical (unpaired) electrons. The van der Waals surface area contributed by atoms with E-state index in [0.717, 1.165) is 4.31 Å². The molecule has 0 saturated heterocycles. The van der Waals surface area contributed by atoms with Gasteiger partial charge >= 0.3 is 0 Å². The Hall–Kier alpha value is -1.66. The number of furan rings is 1. The molecule has 0 saturated carbocycles. The van der Waals surface area contributed by atoms with Crippen molar-refractivity contribution < 1.29 is 17.6 Å². The first-order valence-electron chi connectivity index (χ1n) is 5.76. The Morgan fingerprint density at radius 1 is 1.30 bits per heavy atom. The highest BCUT2D eigenvalue weighted by atomic mass is 35.5. The molecule has 1 aromatic heterocycles. The topological polar surface area (TPSA) is 59.8 Å². The van der Waals surface area contributed by atoms with Gasteiger partial charge in [-0.2, -0.15) is 8.42 Å². The fourth-order valence-corrected chi connectivity index (χ4v) is 2.91. The van der Waals surface area contributed by atoms with Gasteiger partial charge in [0, 0.05) is 13.1 Å². The van der Waals surface area contributed by atoms with E-state index < -0.39 is 10.0 Å². The molecule has 0 bridgehead atoms. The van der Waals surface area contributed by atoms with Crippen LogP contribution in [-0.4, -0.2) is 22.6 Å². The summed E-state index contributed by atoms with van der Waals surface area (Å²) in [5.41, 5.74) is 0.480. The minimum Gasteiger partial charge on any atom is -0.497 e. The van der Waals surface area contributed by atoms with Crippen molar-refractivity contribution in [3.63, 3.8) is 0 Å². The van der Waals surface area contributed by atoms with E-state index in [1.165, 1.54) is 20.2 Å². The molecule has 5 nitrogen and oxygen atoms in total. The van der Waals surface area contributed by atoms with Crippen LogP contribution in [0.3, 0.4) is 0 Å². The predicted octanol–water partition coefficient (Wildman–Crippen LogP) is 2.85. The lowest BCUT2D eigenvalue weighted by molar-refractivity contribution is 0.414. The molecule has 20 heavy (non-hydrogen) atoms. The van der Waals surface area contributed by atoms with Crippen molar-refractivity contribution in [1.82, 2.24) is 0 Å². The summed E-state index contributed by atoms with van der Waals surface area (Å²) in [4.78, 5) is 0. The van der Waals surface area contributed by atoms with Crippen LogP contribution < -0.4 is 9.04 Å². The van der Waals surface area contributed by atoms with Crippen LogP contribution >= 0.6 is 11.6 Å². The van der Waals surface area contributed by atoms with E-state index in [1.54, 1.807) is 30.3 Å². The number of hydrogen-bond acceptors (Lipinski definition) is 4. The maximum Gasteiger partial charge on any atom is 0.297 e. The van der Waals surface area contributed by atoms with Crippen LogP contribution in [0.15, 0.2) is 45.9 Å². The first-order chi connectivity index (χ1) is 9.48. The first-order valence-corrected chi connectivity index (χ1v) is 7.74. The summed E-state index contributed by atoms with van der Waals surface area (Å²) >= 11 is 5.61. The van der Waals surface area contributed by atoms with Crippen LogP contribution in [0.2, 0.25) is 0 Å². The van der Waals surface area contributed by atoms with Crippen molar-refractivity contribution >= 4 is 27.3 Å². The highest BCUT2D eigenvalue weighted by Crippen LogP contribution is 2.26. The van der Waals surface area contributed by atoms with Crippen molar-refractivity contribution in [3.05, 3.63) is 42.2 Å².